The van der Waals surface area contributed by atoms with Gasteiger partial charge in [-0.05, 0) is 52.3 Å². The van der Waals surface area contributed by atoms with Crippen molar-refractivity contribution >= 4 is 5.91 Å². The van der Waals surface area contributed by atoms with E-state index < -0.39 is 0 Å². The zero-order chi connectivity index (χ0) is 17.4. The number of halogens is 1. The summed E-state index contributed by atoms with van der Waals surface area (Å²) in [6.45, 7) is 7.65. The number of carbonyl (C=O) groups excluding carboxylic acids is 1. The van der Waals surface area contributed by atoms with E-state index in [2.05, 4.69) is 10.2 Å². The highest BCUT2D eigenvalue weighted by molar-refractivity contribution is 5.78. The number of hydrogen-bond donors (Lipinski definition) is 1. The fraction of sp³-hybridized carbons (Fsp3) is 0.632. The van der Waals surface area contributed by atoms with E-state index in [4.69, 9.17) is 4.74 Å². The quantitative estimate of drug-likeness (QED) is 0.742. The second-order valence-corrected chi connectivity index (χ2v) is 6.71. The van der Waals surface area contributed by atoms with E-state index in [0.717, 1.165) is 37.9 Å². The monoisotopic (exact) mass is 336 g/mol. The Morgan fingerprint density at radius 1 is 1.33 bits per heavy atom. The van der Waals surface area contributed by atoms with Crippen LogP contribution in [0.3, 0.4) is 0 Å². The Labute approximate surface area is 144 Å². The number of likely N-dealkylation sites (tertiary alicyclic amines) is 1. The molecule has 0 aromatic heterocycles. The van der Waals surface area contributed by atoms with Crippen molar-refractivity contribution in [3.8, 4) is 0 Å². The van der Waals surface area contributed by atoms with Crippen molar-refractivity contribution in [2.75, 3.05) is 26.2 Å². The lowest BCUT2D eigenvalue weighted by Crippen LogP contribution is -2.40. The molecule has 5 heteroatoms. The van der Waals surface area contributed by atoms with Gasteiger partial charge in [0.25, 0.3) is 0 Å². The second kappa shape index (κ2) is 9.74. The first-order valence-corrected chi connectivity index (χ1v) is 8.91. The van der Waals surface area contributed by atoms with Crippen LogP contribution in [0.15, 0.2) is 24.3 Å². The zero-order valence-electron chi connectivity index (χ0n) is 14.8. The third kappa shape index (κ3) is 6.21. The molecule has 134 valence electrons. The first-order valence-electron chi connectivity index (χ1n) is 8.91. The van der Waals surface area contributed by atoms with Crippen LogP contribution in [0.25, 0.3) is 0 Å². The van der Waals surface area contributed by atoms with E-state index >= 15 is 0 Å². The van der Waals surface area contributed by atoms with Crippen LogP contribution in [0.4, 0.5) is 4.39 Å². The van der Waals surface area contributed by atoms with Crippen LogP contribution in [0, 0.1) is 11.7 Å². The van der Waals surface area contributed by atoms with Crippen molar-refractivity contribution in [2.24, 2.45) is 5.92 Å². The Morgan fingerprint density at radius 3 is 2.71 bits per heavy atom. The average Bonchev–Trinajstić information content (AvgIpc) is 2.57. The number of nitrogens with one attached hydrogen (secondary N) is 1. The van der Waals surface area contributed by atoms with Gasteiger partial charge in [0.15, 0.2) is 0 Å². The van der Waals surface area contributed by atoms with Crippen LogP contribution in [-0.2, 0) is 16.1 Å². The van der Waals surface area contributed by atoms with Crippen molar-refractivity contribution in [3.63, 3.8) is 0 Å². The van der Waals surface area contributed by atoms with Gasteiger partial charge in [-0.25, -0.2) is 4.39 Å². The minimum absolute atomic E-state index is 0.0767. The summed E-state index contributed by atoms with van der Waals surface area (Å²) in [5, 5.41) is 3.00. The molecule has 1 aliphatic heterocycles. The van der Waals surface area contributed by atoms with Crippen LogP contribution in [0.2, 0.25) is 0 Å². The molecule has 0 unspecified atom stereocenters. The lowest BCUT2D eigenvalue weighted by Gasteiger charge is -2.31. The molecule has 0 aliphatic carbocycles. The van der Waals surface area contributed by atoms with Crippen molar-refractivity contribution in [1.29, 1.82) is 0 Å². The van der Waals surface area contributed by atoms with Gasteiger partial charge >= 0.3 is 0 Å². The fourth-order valence-corrected chi connectivity index (χ4v) is 2.97. The maximum absolute atomic E-state index is 13.7. The summed E-state index contributed by atoms with van der Waals surface area (Å²) in [5.74, 6) is 0.0685. The van der Waals surface area contributed by atoms with E-state index in [-0.39, 0.29) is 23.7 Å². The molecule has 0 atom stereocenters. The van der Waals surface area contributed by atoms with Gasteiger partial charge < -0.3 is 10.1 Å². The minimum Gasteiger partial charge on any atom is -0.379 e. The number of amides is 1. The summed E-state index contributed by atoms with van der Waals surface area (Å²) in [5.41, 5.74) is 0.727. The zero-order valence-corrected chi connectivity index (χ0v) is 14.8. The molecular weight excluding hydrogens is 307 g/mol. The summed E-state index contributed by atoms with van der Waals surface area (Å²) in [7, 11) is 0. The molecule has 2 rings (SSSR count). The molecule has 1 aromatic rings. The maximum atomic E-state index is 13.7. The van der Waals surface area contributed by atoms with E-state index in [9.17, 15) is 9.18 Å². The topological polar surface area (TPSA) is 41.6 Å². The number of nitrogens with zero attached hydrogens (tertiary/aromatic N) is 1. The highest BCUT2D eigenvalue weighted by Crippen LogP contribution is 2.20. The largest absolute Gasteiger partial charge is 0.379 e. The third-order valence-corrected chi connectivity index (χ3v) is 4.38. The maximum Gasteiger partial charge on any atom is 0.223 e. The van der Waals surface area contributed by atoms with Crippen LogP contribution in [0.5, 0.6) is 0 Å². The Balaban J connectivity index is 1.65. The number of benzene rings is 1. The lowest BCUT2D eigenvalue weighted by atomic mass is 9.95. The van der Waals surface area contributed by atoms with Crippen molar-refractivity contribution in [1.82, 2.24) is 10.2 Å². The number of piperidine rings is 1. The van der Waals surface area contributed by atoms with Gasteiger partial charge in [-0.2, -0.15) is 0 Å². The SMILES string of the molecule is CC(C)OCCCNC(=O)C1CCN(Cc2ccccc2F)CC1. The molecule has 0 bridgehead atoms. The van der Waals surface area contributed by atoms with Gasteiger partial charge in [-0.3, -0.25) is 9.69 Å². The highest BCUT2D eigenvalue weighted by atomic mass is 19.1. The summed E-state index contributed by atoms with van der Waals surface area (Å²) < 4.78 is 19.2. The number of carbonyl (C=O) groups is 1. The molecule has 1 aromatic carbocycles. The molecular formula is C19H29FN2O2. The molecule has 1 fully saturated rings. The predicted octanol–water partition coefficient (Wildman–Crippen LogP) is 2.97. The van der Waals surface area contributed by atoms with Crippen LogP contribution in [0.1, 0.15) is 38.7 Å². The lowest BCUT2D eigenvalue weighted by molar-refractivity contribution is -0.126. The Bertz CT molecular complexity index is 514. The van der Waals surface area contributed by atoms with Gasteiger partial charge in [0, 0.05) is 31.2 Å². The summed E-state index contributed by atoms with van der Waals surface area (Å²) in [4.78, 5) is 14.4. The van der Waals surface area contributed by atoms with E-state index in [1.54, 1.807) is 6.07 Å². The smallest absolute Gasteiger partial charge is 0.223 e. The number of hydrogen-bond acceptors (Lipinski definition) is 3. The molecule has 24 heavy (non-hydrogen) atoms. The predicted molar refractivity (Wildman–Crippen MR) is 93.1 cm³/mol. The number of ether oxygens (including phenoxy) is 1. The first kappa shape index (κ1) is 18.9. The molecule has 1 aliphatic rings. The van der Waals surface area contributed by atoms with Gasteiger partial charge in [-0.1, -0.05) is 18.2 Å². The van der Waals surface area contributed by atoms with Crippen molar-refractivity contribution < 1.29 is 13.9 Å². The van der Waals surface area contributed by atoms with E-state index in [1.165, 1.54) is 6.07 Å². The average molecular weight is 336 g/mol. The molecule has 1 heterocycles. The molecule has 4 nitrogen and oxygen atoms in total. The molecule has 1 N–H and O–H groups in total. The summed E-state index contributed by atoms with van der Waals surface area (Å²) >= 11 is 0. The minimum atomic E-state index is -0.152. The second-order valence-electron chi connectivity index (χ2n) is 6.71. The normalized spacial score (nSPS) is 16.5. The van der Waals surface area contributed by atoms with E-state index in [1.807, 2.05) is 26.0 Å². The van der Waals surface area contributed by atoms with Crippen LogP contribution >= 0.6 is 0 Å². The molecule has 0 saturated carbocycles. The highest BCUT2D eigenvalue weighted by Gasteiger charge is 2.25. The summed E-state index contributed by atoms with van der Waals surface area (Å²) in [6, 6.07) is 6.90. The standard InChI is InChI=1S/C19H29FN2O2/c1-15(2)24-13-5-10-21-19(23)16-8-11-22(12-9-16)14-17-6-3-4-7-18(17)20/h3-4,6-7,15-16H,5,8-14H2,1-2H3,(H,21,23). The first-order chi connectivity index (χ1) is 11.6. The molecule has 1 saturated heterocycles. The Kier molecular flexibility index (Phi) is 7.66. The number of rotatable bonds is 8. The van der Waals surface area contributed by atoms with Gasteiger partial charge in [0.2, 0.25) is 5.91 Å². The third-order valence-electron chi connectivity index (χ3n) is 4.38. The van der Waals surface area contributed by atoms with Crippen molar-refractivity contribution in [2.45, 2.75) is 45.8 Å². The molecule has 1 amide bonds. The van der Waals surface area contributed by atoms with E-state index in [0.29, 0.717) is 19.7 Å². The van der Waals surface area contributed by atoms with Crippen molar-refractivity contribution in [3.05, 3.63) is 35.6 Å². The van der Waals surface area contributed by atoms with Crippen LogP contribution < -0.4 is 5.32 Å². The van der Waals surface area contributed by atoms with Crippen LogP contribution in [-0.4, -0.2) is 43.2 Å². The van der Waals surface area contributed by atoms with Gasteiger partial charge in [0.1, 0.15) is 5.82 Å². The Hall–Kier alpha value is -1.46. The van der Waals surface area contributed by atoms with Gasteiger partial charge in [-0.15, -0.1) is 0 Å². The molecule has 0 radical (unpaired) electrons. The summed E-state index contributed by atoms with van der Waals surface area (Å²) in [6.07, 6.45) is 2.75. The fourth-order valence-electron chi connectivity index (χ4n) is 2.97. The molecule has 0 spiro atoms. The van der Waals surface area contributed by atoms with Gasteiger partial charge in [0.05, 0.1) is 6.10 Å². The Morgan fingerprint density at radius 2 is 2.04 bits per heavy atom.